The fraction of sp³-hybridized carbons (Fsp3) is 0.125. The highest BCUT2D eigenvalue weighted by atomic mass is 16.3. The van der Waals surface area contributed by atoms with Crippen LogP contribution in [0.4, 0.5) is 5.82 Å². The normalized spacial score (nSPS) is 10.4. The topological polar surface area (TPSA) is 80.9 Å². The summed E-state index contributed by atoms with van der Waals surface area (Å²) in [5.41, 5.74) is 1.50. The first kappa shape index (κ1) is 13.9. The third-order valence-corrected chi connectivity index (χ3v) is 3.04. The zero-order valence-corrected chi connectivity index (χ0v) is 12.0. The van der Waals surface area contributed by atoms with E-state index < -0.39 is 0 Å². The number of hydrogen-bond donors (Lipinski definition) is 1. The first-order valence-corrected chi connectivity index (χ1v) is 6.89. The number of aromatic nitrogens is 3. The van der Waals surface area contributed by atoms with Gasteiger partial charge >= 0.3 is 0 Å². The van der Waals surface area contributed by atoms with Gasteiger partial charge in [0.05, 0.1) is 6.26 Å². The van der Waals surface area contributed by atoms with Crippen LogP contribution in [0, 0.1) is 0 Å². The van der Waals surface area contributed by atoms with E-state index in [1.807, 2.05) is 18.2 Å². The molecule has 1 N–H and O–H groups in total. The molecule has 0 aliphatic carbocycles. The summed E-state index contributed by atoms with van der Waals surface area (Å²) in [6.45, 7) is 1.79. The van der Waals surface area contributed by atoms with E-state index in [1.54, 1.807) is 37.7 Å². The SMILES string of the molecule is CCC(=O)Nc1ccnc(-c2ccnc(-c3ccco3)c2)n1. The predicted octanol–water partition coefficient (Wildman–Crippen LogP) is 3.15. The lowest BCUT2D eigenvalue weighted by atomic mass is 10.2. The fourth-order valence-electron chi connectivity index (χ4n) is 1.93. The van der Waals surface area contributed by atoms with Crippen molar-refractivity contribution in [2.24, 2.45) is 0 Å². The van der Waals surface area contributed by atoms with Crippen LogP contribution in [0.3, 0.4) is 0 Å². The average Bonchev–Trinajstić information content (AvgIpc) is 3.10. The third kappa shape index (κ3) is 3.01. The van der Waals surface area contributed by atoms with Crippen molar-refractivity contribution in [2.75, 3.05) is 5.32 Å². The molecule has 0 radical (unpaired) electrons. The molecule has 3 aromatic rings. The number of nitrogens with one attached hydrogen (secondary N) is 1. The molecule has 1 amide bonds. The summed E-state index contributed by atoms with van der Waals surface area (Å²) < 4.78 is 5.34. The van der Waals surface area contributed by atoms with Crippen LogP contribution >= 0.6 is 0 Å². The number of rotatable bonds is 4. The number of carbonyl (C=O) groups is 1. The van der Waals surface area contributed by atoms with Gasteiger partial charge in [-0.1, -0.05) is 6.92 Å². The molecule has 0 aliphatic heterocycles. The maximum atomic E-state index is 11.4. The van der Waals surface area contributed by atoms with E-state index in [4.69, 9.17) is 4.42 Å². The highest BCUT2D eigenvalue weighted by Crippen LogP contribution is 2.23. The first-order valence-electron chi connectivity index (χ1n) is 6.89. The van der Waals surface area contributed by atoms with E-state index in [1.165, 1.54) is 0 Å². The Bertz CT molecular complexity index is 784. The second-order valence-electron chi connectivity index (χ2n) is 4.57. The van der Waals surface area contributed by atoms with Crippen LogP contribution in [0.1, 0.15) is 13.3 Å². The van der Waals surface area contributed by atoms with Crippen LogP contribution in [-0.4, -0.2) is 20.9 Å². The van der Waals surface area contributed by atoms with Crippen molar-refractivity contribution in [3.05, 3.63) is 49.0 Å². The van der Waals surface area contributed by atoms with E-state index >= 15 is 0 Å². The van der Waals surface area contributed by atoms with Gasteiger partial charge in [-0.3, -0.25) is 9.78 Å². The lowest BCUT2D eigenvalue weighted by Gasteiger charge is -2.05. The Labute approximate surface area is 127 Å². The molecule has 0 aliphatic rings. The van der Waals surface area contributed by atoms with Gasteiger partial charge in [0, 0.05) is 24.4 Å². The summed E-state index contributed by atoms with van der Waals surface area (Å²) in [6.07, 6.45) is 5.28. The largest absolute Gasteiger partial charge is 0.463 e. The highest BCUT2D eigenvalue weighted by molar-refractivity contribution is 5.89. The van der Waals surface area contributed by atoms with Crippen LogP contribution in [0.2, 0.25) is 0 Å². The van der Waals surface area contributed by atoms with E-state index in [0.29, 0.717) is 29.5 Å². The van der Waals surface area contributed by atoms with Gasteiger partial charge in [-0.2, -0.15) is 0 Å². The standard InChI is InChI=1S/C16H14N4O2/c1-2-15(21)19-14-6-8-18-16(20-14)11-5-7-17-12(10-11)13-4-3-9-22-13/h3-10H,2H2,1H3,(H,18,19,20,21). The molecule has 0 fully saturated rings. The number of anilines is 1. The van der Waals surface area contributed by atoms with E-state index in [-0.39, 0.29) is 5.91 Å². The molecule has 0 spiro atoms. The fourth-order valence-corrected chi connectivity index (χ4v) is 1.93. The minimum Gasteiger partial charge on any atom is -0.463 e. The first-order chi connectivity index (χ1) is 10.8. The van der Waals surface area contributed by atoms with Crippen molar-refractivity contribution in [3.8, 4) is 22.8 Å². The summed E-state index contributed by atoms with van der Waals surface area (Å²) >= 11 is 0. The molecular weight excluding hydrogens is 280 g/mol. The van der Waals surface area contributed by atoms with E-state index in [0.717, 1.165) is 5.56 Å². The van der Waals surface area contributed by atoms with Crippen molar-refractivity contribution >= 4 is 11.7 Å². The molecule has 0 unspecified atom stereocenters. The van der Waals surface area contributed by atoms with Gasteiger partial charge in [-0.25, -0.2) is 9.97 Å². The highest BCUT2D eigenvalue weighted by Gasteiger charge is 2.08. The Balaban J connectivity index is 1.92. The molecule has 6 heteroatoms. The van der Waals surface area contributed by atoms with Gasteiger partial charge in [0.25, 0.3) is 0 Å². The van der Waals surface area contributed by atoms with Crippen molar-refractivity contribution < 1.29 is 9.21 Å². The number of hydrogen-bond acceptors (Lipinski definition) is 5. The zero-order valence-electron chi connectivity index (χ0n) is 12.0. The molecule has 3 aromatic heterocycles. The molecule has 0 bridgehead atoms. The van der Waals surface area contributed by atoms with Crippen LogP contribution < -0.4 is 5.32 Å². The number of nitrogens with zero attached hydrogens (tertiary/aromatic N) is 3. The van der Waals surface area contributed by atoms with Crippen LogP contribution in [0.25, 0.3) is 22.8 Å². The number of carbonyl (C=O) groups excluding carboxylic acids is 1. The lowest BCUT2D eigenvalue weighted by molar-refractivity contribution is -0.115. The van der Waals surface area contributed by atoms with Gasteiger partial charge in [0.2, 0.25) is 5.91 Å². The minimum absolute atomic E-state index is 0.0874. The summed E-state index contributed by atoms with van der Waals surface area (Å²) in [5.74, 6) is 1.59. The van der Waals surface area contributed by atoms with Crippen LogP contribution in [0.15, 0.2) is 53.4 Å². The molecule has 6 nitrogen and oxygen atoms in total. The molecule has 3 heterocycles. The second-order valence-corrected chi connectivity index (χ2v) is 4.57. The monoisotopic (exact) mass is 294 g/mol. The van der Waals surface area contributed by atoms with Gasteiger partial charge < -0.3 is 9.73 Å². The maximum Gasteiger partial charge on any atom is 0.225 e. The van der Waals surface area contributed by atoms with Crippen molar-refractivity contribution in [3.63, 3.8) is 0 Å². The Morgan fingerprint density at radius 2 is 2.09 bits per heavy atom. The quantitative estimate of drug-likeness (QED) is 0.799. The van der Waals surface area contributed by atoms with Crippen molar-refractivity contribution in [1.82, 2.24) is 15.0 Å². The van der Waals surface area contributed by atoms with Crippen LogP contribution in [-0.2, 0) is 4.79 Å². The molecule has 3 rings (SSSR count). The molecule has 0 atom stereocenters. The van der Waals surface area contributed by atoms with Gasteiger partial charge in [-0.05, 0) is 30.3 Å². The minimum atomic E-state index is -0.0874. The zero-order chi connectivity index (χ0) is 15.4. The molecule has 0 saturated heterocycles. The van der Waals surface area contributed by atoms with Crippen molar-refractivity contribution in [2.45, 2.75) is 13.3 Å². The summed E-state index contributed by atoms with van der Waals surface area (Å²) in [6, 6.07) is 8.96. The van der Waals surface area contributed by atoms with Gasteiger partial charge in [0.1, 0.15) is 11.5 Å². The van der Waals surface area contributed by atoms with E-state index in [9.17, 15) is 4.79 Å². The third-order valence-electron chi connectivity index (χ3n) is 3.04. The van der Waals surface area contributed by atoms with E-state index in [2.05, 4.69) is 20.3 Å². The number of pyridine rings is 1. The van der Waals surface area contributed by atoms with Crippen LogP contribution in [0.5, 0.6) is 0 Å². The molecule has 0 aromatic carbocycles. The lowest BCUT2D eigenvalue weighted by Crippen LogP contribution is -2.11. The Kier molecular flexibility index (Phi) is 3.91. The Morgan fingerprint density at radius 3 is 2.86 bits per heavy atom. The maximum absolute atomic E-state index is 11.4. The predicted molar refractivity (Wildman–Crippen MR) is 81.9 cm³/mol. The van der Waals surface area contributed by atoms with Gasteiger partial charge in [-0.15, -0.1) is 0 Å². The smallest absolute Gasteiger partial charge is 0.225 e. The molecule has 22 heavy (non-hydrogen) atoms. The molecular formula is C16H14N4O2. The Morgan fingerprint density at radius 1 is 1.23 bits per heavy atom. The molecule has 110 valence electrons. The average molecular weight is 294 g/mol. The summed E-state index contributed by atoms with van der Waals surface area (Å²) in [7, 11) is 0. The van der Waals surface area contributed by atoms with Gasteiger partial charge in [0.15, 0.2) is 11.6 Å². The Hall–Kier alpha value is -3.02. The molecule has 0 saturated carbocycles. The van der Waals surface area contributed by atoms with Crippen molar-refractivity contribution in [1.29, 1.82) is 0 Å². The number of amides is 1. The number of furan rings is 1. The summed E-state index contributed by atoms with van der Waals surface area (Å²) in [4.78, 5) is 24.3. The summed E-state index contributed by atoms with van der Waals surface area (Å²) in [5, 5.41) is 2.72. The second kappa shape index (κ2) is 6.17.